The highest BCUT2D eigenvalue weighted by Crippen LogP contribution is 2.55. The van der Waals surface area contributed by atoms with E-state index < -0.39 is 10.8 Å². The van der Waals surface area contributed by atoms with E-state index >= 15 is 0 Å². The van der Waals surface area contributed by atoms with E-state index in [1.165, 1.54) is 24.3 Å². The maximum atomic E-state index is 12.5. The molecule has 3 amide bonds. The van der Waals surface area contributed by atoms with Gasteiger partial charge in [-0.05, 0) is 43.2 Å². The second-order valence-electron chi connectivity index (χ2n) is 6.64. The molecular weight excluding hydrogens is 314 g/mol. The number of fused-ring (bicyclic) bond motifs is 5. The lowest BCUT2D eigenvalue weighted by Gasteiger charge is -2.19. The molecule has 8 heteroatoms. The van der Waals surface area contributed by atoms with Crippen LogP contribution in [0.25, 0.3) is 0 Å². The molecule has 0 radical (unpaired) electrons. The molecule has 3 fully saturated rings. The van der Waals surface area contributed by atoms with Crippen LogP contribution in [0.1, 0.15) is 29.6 Å². The minimum absolute atomic E-state index is 0.133. The Morgan fingerprint density at radius 2 is 1.62 bits per heavy atom. The Kier molecular flexibility index (Phi) is 3.16. The quantitative estimate of drug-likeness (QED) is 0.510. The largest absolute Gasteiger partial charge is 0.272 e. The molecule has 3 aliphatic rings. The van der Waals surface area contributed by atoms with Crippen LogP contribution in [-0.2, 0) is 9.59 Å². The van der Waals surface area contributed by atoms with Gasteiger partial charge in [0.2, 0.25) is 0 Å². The summed E-state index contributed by atoms with van der Waals surface area (Å²) in [4.78, 5) is 47.3. The van der Waals surface area contributed by atoms with Gasteiger partial charge in [0, 0.05) is 17.7 Å². The van der Waals surface area contributed by atoms with Crippen molar-refractivity contribution in [1.82, 2.24) is 10.4 Å². The van der Waals surface area contributed by atoms with Crippen LogP contribution in [0.2, 0.25) is 0 Å². The third kappa shape index (κ3) is 2.02. The maximum absolute atomic E-state index is 12.5. The Morgan fingerprint density at radius 1 is 1.08 bits per heavy atom. The fraction of sp³-hybridized carbons (Fsp3) is 0.438. The van der Waals surface area contributed by atoms with Crippen LogP contribution in [0, 0.1) is 33.8 Å². The first kappa shape index (κ1) is 14.8. The first-order valence-corrected chi connectivity index (χ1v) is 7.90. The Balaban J connectivity index is 1.51. The first-order valence-electron chi connectivity index (χ1n) is 7.90. The summed E-state index contributed by atoms with van der Waals surface area (Å²) in [5.41, 5.74) is 2.39. The molecule has 1 heterocycles. The van der Waals surface area contributed by atoms with Gasteiger partial charge in [0.05, 0.1) is 16.8 Å². The van der Waals surface area contributed by atoms with E-state index in [0.29, 0.717) is 0 Å². The summed E-state index contributed by atoms with van der Waals surface area (Å²) < 4.78 is 0. The number of nitrogens with one attached hydrogen (secondary N) is 1. The van der Waals surface area contributed by atoms with E-state index in [-0.39, 0.29) is 46.7 Å². The molecule has 2 bridgehead atoms. The number of non-ortho nitro benzene ring substituents is 1. The summed E-state index contributed by atoms with van der Waals surface area (Å²) in [6, 6.07) is 5.00. The number of hydrogen-bond donors (Lipinski definition) is 1. The second-order valence-corrected chi connectivity index (χ2v) is 6.64. The highest BCUT2D eigenvalue weighted by atomic mass is 16.6. The number of nitro groups is 1. The predicted molar refractivity (Wildman–Crippen MR) is 80.2 cm³/mol. The number of amides is 3. The lowest BCUT2D eigenvalue weighted by Crippen LogP contribution is -2.47. The van der Waals surface area contributed by atoms with E-state index in [2.05, 4.69) is 5.43 Å². The zero-order chi connectivity index (χ0) is 17.0. The minimum Gasteiger partial charge on any atom is -0.272 e. The topological polar surface area (TPSA) is 110 Å². The fourth-order valence-corrected chi connectivity index (χ4v) is 4.42. The molecule has 1 aliphatic heterocycles. The number of rotatable bonds is 3. The van der Waals surface area contributed by atoms with Crippen molar-refractivity contribution >= 4 is 23.4 Å². The van der Waals surface area contributed by atoms with Gasteiger partial charge >= 0.3 is 0 Å². The summed E-state index contributed by atoms with van der Waals surface area (Å²) >= 11 is 0. The Morgan fingerprint density at radius 3 is 2.12 bits per heavy atom. The summed E-state index contributed by atoms with van der Waals surface area (Å²) in [5.74, 6) is -1.38. The van der Waals surface area contributed by atoms with Crippen LogP contribution in [0.3, 0.4) is 0 Å². The van der Waals surface area contributed by atoms with Crippen molar-refractivity contribution in [2.45, 2.75) is 19.3 Å². The third-order valence-corrected chi connectivity index (χ3v) is 5.48. The summed E-state index contributed by atoms with van der Waals surface area (Å²) in [6.45, 7) is 0. The summed E-state index contributed by atoms with van der Waals surface area (Å²) in [5, 5.41) is 11.5. The molecule has 4 rings (SSSR count). The number of nitrogens with zero attached hydrogens (tertiary/aromatic N) is 2. The molecule has 1 N–H and O–H groups in total. The smallest absolute Gasteiger partial charge is 0.270 e. The Labute approximate surface area is 136 Å². The number of imide groups is 1. The van der Waals surface area contributed by atoms with E-state index in [9.17, 15) is 24.5 Å². The van der Waals surface area contributed by atoms with Gasteiger partial charge in [-0.15, -0.1) is 0 Å². The van der Waals surface area contributed by atoms with Crippen LogP contribution in [-0.4, -0.2) is 27.7 Å². The van der Waals surface area contributed by atoms with Crippen LogP contribution in [0.4, 0.5) is 5.69 Å². The second kappa shape index (κ2) is 5.12. The molecule has 2 aliphatic carbocycles. The van der Waals surface area contributed by atoms with E-state index in [0.717, 1.165) is 24.3 Å². The first-order chi connectivity index (χ1) is 11.5. The van der Waals surface area contributed by atoms with Crippen molar-refractivity contribution in [3.05, 3.63) is 39.9 Å². The van der Waals surface area contributed by atoms with Gasteiger partial charge in [0.1, 0.15) is 0 Å². The highest BCUT2D eigenvalue weighted by Gasteiger charge is 2.61. The number of carbonyl (C=O) groups is 3. The van der Waals surface area contributed by atoms with Gasteiger partial charge in [0.15, 0.2) is 0 Å². The van der Waals surface area contributed by atoms with Crippen LogP contribution in [0.15, 0.2) is 24.3 Å². The normalized spacial score (nSPS) is 30.6. The molecule has 2 saturated carbocycles. The molecule has 1 aromatic carbocycles. The van der Waals surface area contributed by atoms with Gasteiger partial charge < -0.3 is 0 Å². The zero-order valence-electron chi connectivity index (χ0n) is 12.7. The number of carbonyl (C=O) groups excluding carboxylic acids is 3. The molecule has 0 spiro atoms. The van der Waals surface area contributed by atoms with Crippen molar-refractivity contribution in [3.63, 3.8) is 0 Å². The number of nitro benzene ring substituents is 1. The van der Waals surface area contributed by atoms with Gasteiger partial charge in [0.25, 0.3) is 23.4 Å². The monoisotopic (exact) mass is 329 g/mol. The van der Waals surface area contributed by atoms with Crippen LogP contribution < -0.4 is 5.43 Å². The summed E-state index contributed by atoms with van der Waals surface area (Å²) in [6.07, 6.45) is 2.86. The van der Waals surface area contributed by atoms with E-state index in [1.54, 1.807) is 0 Å². The maximum Gasteiger partial charge on any atom is 0.270 e. The molecule has 0 aromatic heterocycles. The zero-order valence-corrected chi connectivity index (χ0v) is 12.7. The molecule has 0 unspecified atom stereocenters. The Hall–Kier alpha value is -2.77. The lowest BCUT2D eigenvalue weighted by molar-refractivity contribution is -0.384. The number of hydrogen-bond acceptors (Lipinski definition) is 5. The molecule has 4 atom stereocenters. The average Bonchev–Trinajstić information content (AvgIpc) is 3.24. The number of benzene rings is 1. The molecule has 24 heavy (non-hydrogen) atoms. The molecule has 8 nitrogen and oxygen atoms in total. The predicted octanol–water partition coefficient (Wildman–Crippen LogP) is 1.27. The van der Waals surface area contributed by atoms with Crippen molar-refractivity contribution < 1.29 is 19.3 Å². The molecule has 1 aromatic rings. The summed E-state index contributed by atoms with van der Waals surface area (Å²) in [7, 11) is 0. The standard InChI is InChI=1S/C16H15N3O5/c20-14(8-3-5-11(6-4-8)19(23)24)17-18-15(21)12-9-1-2-10(7-9)13(12)16(18)22/h3-6,9-10,12-13H,1-2,7H2,(H,17,20)/t9-,10-,12+,13+/m0/s1. The fourth-order valence-electron chi connectivity index (χ4n) is 4.42. The van der Waals surface area contributed by atoms with Crippen molar-refractivity contribution in [3.8, 4) is 0 Å². The molecular formula is C16H15N3O5. The third-order valence-electron chi connectivity index (χ3n) is 5.48. The van der Waals surface area contributed by atoms with Crippen LogP contribution in [0.5, 0.6) is 0 Å². The Bertz CT molecular complexity index is 731. The molecule has 124 valence electrons. The van der Waals surface area contributed by atoms with Gasteiger partial charge in [-0.1, -0.05) is 0 Å². The lowest BCUT2D eigenvalue weighted by atomic mass is 9.81. The highest BCUT2D eigenvalue weighted by molar-refractivity contribution is 6.08. The minimum atomic E-state index is -0.626. The van der Waals surface area contributed by atoms with Crippen molar-refractivity contribution in [2.75, 3.05) is 0 Å². The number of hydrazine groups is 1. The van der Waals surface area contributed by atoms with Gasteiger partial charge in [-0.25, -0.2) is 0 Å². The van der Waals surface area contributed by atoms with Crippen LogP contribution >= 0.6 is 0 Å². The van der Waals surface area contributed by atoms with E-state index in [1.807, 2.05) is 0 Å². The van der Waals surface area contributed by atoms with Crippen molar-refractivity contribution in [2.24, 2.45) is 23.7 Å². The van der Waals surface area contributed by atoms with E-state index in [4.69, 9.17) is 0 Å². The SMILES string of the molecule is O=C(NN1C(=O)[C@@H]2[C@H]3CC[C@@H](C3)[C@H]2C1=O)c1ccc([N+](=O)[O-])cc1. The van der Waals surface area contributed by atoms with Crippen molar-refractivity contribution in [1.29, 1.82) is 0 Å². The average molecular weight is 329 g/mol. The van der Waals surface area contributed by atoms with Gasteiger partial charge in [-0.2, -0.15) is 5.01 Å². The molecule has 1 saturated heterocycles. The van der Waals surface area contributed by atoms with Gasteiger partial charge in [-0.3, -0.25) is 29.9 Å².